The molecule has 0 radical (unpaired) electrons. The number of hydrogen-bond acceptors (Lipinski definition) is 3. The Balaban J connectivity index is 1.65. The van der Waals surface area contributed by atoms with Crippen molar-refractivity contribution >= 4 is 0 Å². The number of aliphatic hydroxyl groups excluding tert-OH is 1. The number of hydrogen-bond donors (Lipinski definition) is 1. The fourth-order valence-corrected chi connectivity index (χ4v) is 3.63. The molecule has 0 aliphatic carbocycles. The highest BCUT2D eigenvalue weighted by molar-refractivity contribution is 5.25. The molecule has 3 rings (SSSR count). The number of nitrogens with zero attached hydrogens (tertiary/aromatic N) is 2. The second-order valence-corrected chi connectivity index (χ2v) is 6.93. The van der Waals surface area contributed by atoms with E-state index in [0.717, 1.165) is 44.7 Å². The van der Waals surface area contributed by atoms with Gasteiger partial charge in [0, 0.05) is 45.4 Å². The van der Waals surface area contributed by atoms with Gasteiger partial charge in [-0.15, -0.1) is 0 Å². The SMILES string of the molecule is Cc1ccccc1CN1CCN(Cc2cccc(F)c2)CC1CCO. The number of piperazine rings is 1. The highest BCUT2D eigenvalue weighted by Gasteiger charge is 2.26. The Morgan fingerprint density at radius 2 is 1.92 bits per heavy atom. The van der Waals surface area contributed by atoms with E-state index in [9.17, 15) is 9.50 Å². The summed E-state index contributed by atoms with van der Waals surface area (Å²) in [6, 6.07) is 15.7. The highest BCUT2D eigenvalue weighted by Crippen LogP contribution is 2.20. The van der Waals surface area contributed by atoms with E-state index < -0.39 is 0 Å². The first kappa shape index (κ1) is 18.1. The zero-order valence-electron chi connectivity index (χ0n) is 14.9. The summed E-state index contributed by atoms with van der Waals surface area (Å²) < 4.78 is 13.4. The van der Waals surface area contributed by atoms with Crippen LogP contribution in [0, 0.1) is 12.7 Å². The van der Waals surface area contributed by atoms with Gasteiger partial charge in [-0.25, -0.2) is 4.39 Å². The maximum Gasteiger partial charge on any atom is 0.123 e. The monoisotopic (exact) mass is 342 g/mol. The van der Waals surface area contributed by atoms with Crippen LogP contribution in [0.3, 0.4) is 0 Å². The van der Waals surface area contributed by atoms with Gasteiger partial charge >= 0.3 is 0 Å². The predicted octanol–water partition coefficient (Wildman–Crippen LogP) is 3.20. The van der Waals surface area contributed by atoms with Crippen LogP contribution in [0.5, 0.6) is 0 Å². The van der Waals surface area contributed by atoms with Crippen molar-refractivity contribution in [3.63, 3.8) is 0 Å². The standard InChI is InChI=1S/C21H27FN2O/c1-17-5-2-3-7-19(17)15-24-11-10-23(16-21(24)9-12-25)14-18-6-4-8-20(22)13-18/h2-8,13,21,25H,9-12,14-16H2,1H3. The molecule has 4 heteroatoms. The molecule has 1 atom stereocenters. The fraction of sp³-hybridized carbons (Fsp3) is 0.429. The average molecular weight is 342 g/mol. The van der Waals surface area contributed by atoms with E-state index in [1.807, 2.05) is 6.07 Å². The predicted molar refractivity (Wildman–Crippen MR) is 98.8 cm³/mol. The van der Waals surface area contributed by atoms with Crippen LogP contribution in [-0.2, 0) is 13.1 Å². The molecule has 1 saturated heterocycles. The molecule has 1 aliphatic heterocycles. The summed E-state index contributed by atoms with van der Waals surface area (Å²) in [5.74, 6) is -0.178. The summed E-state index contributed by atoms with van der Waals surface area (Å²) >= 11 is 0. The van der Waals surface area contributed by atoms with Gasteiger partial charge in [0.2, 0.25) is 0 Å². The van der Waals surface area contributed by atoms with Crippen molar-refractivity contribution in [2.45, 2.75) is 32.5 Å². The molecule has 0 amide bonds. The van der Waals surface area contributed by atoms with Gasteiger partial charge < -0.3 is 5.11 Å². The molecule has 0 saturated carbocycles. The van der Waals surface area contributed by atoms with Crippen molar-refractivity contribution in [2.24, 2.45) is 0 Å². The van der Waals surface area contributed by atoms with E-state index in [2.05, 4.69) is 41.0 Å². The summed E-state index contributed by atoms with van der Waals surface area (Å²) in [7, 11) is 0. The summed E-state index contributed by atoms with van der Waals surface area (Å²) in [4.78, 5) is 4.84. The minimum atomic E-state index is -0.178. The van der Waals surface area contributed by atoms with Crippen LogP contribution in [0.15, 0.2) is 48.5 Å². The average Bonchev–Trinajstić information content (AvgIpc) is 2.59. The minimum Gasteiger partial charge on any atom is -0.396 e. The van der Waals surface area contributed by atoms with Crippen molar-refractivity contribution in [1.82, 2.24) is 9.80 Å². The van der Waals surface area contributed by atoms with Gasteiger partial charge in [0.15, 0.2) is 0 Å². The molecule has 1 unspecified atom stereocenters. The van der Waals surface area contributed by atoms with Crippen LogP contribution in [0.2, 0.25) is 0 Å². The Labute approximate surface area is 149 Å². The molecule has 0 spiro atoms. The maximum absolute atomic E-state index is 13.4. The lowest BCUT2D eigenvalue weighted by molar-refractivity contribution is 0.0498. The number of halogens is 1. The number of rotatable bonds is 6. The molecular weight excluding hydrogens is 315 g/mol. The van der Waals surface area contributed by atoms with Crippen LogP contribution >= 0.6 is 0 Å². The fourth-order valence-electron chi connectivity index (χ4n) is 3.63. The minimum absolute atomic E-state index is 0.178. The molecule has 134 valence electrons. The third-order valence-electron chi connectivity index (χ3n) is 5.08. The largest absolute Gasteiger partial charge is 0.396 e. The van der Waals surface area contributed by atoms with Crippen molar-refractivity contribution < 1.29 is 9.50 Å². The van der Waals surface area contributed by atoms with E-state index in [-0.39, 0.29) is 12.4 Å². The van der Waals surface area contributed by atoms with Gasteiger partial charge in [-0.3, -0.25) is 9.80 Å². The first-order chi connectivity index (χ1) is 12.2. The molecule has 1 aliphatic rings. The zero-order valence-corrected chi connectivity index (χ0v) is 14.9. The molecular formula is C21H27FN2O. The Kier molecular flexibility index (Phi) is 6.19. The normalized spacial score (nSPS) is 19.2. The van der Waals surface area contributed by atoms with E-state index in [1.54, 1.807) is 12.1 Å². The molecule has 3 nitrogen and oxygen atoms in total. The number of benzene rings is 2. The number of aliphatic hydroxyl groups is 1. The molecule has 2 aromatic carbocycles. The topological polar surface area (TPSA) is 26.7 Å². The highest BCUT2D eigenvalue weighted by atomic mass is 19.1. The molecule has 2 aromatic rings. The number of aryl methyl sites for hydroxylation is 1. The first-order valence-electron chi connectivity index (χ1n) is 9.02. The Hall–Kier alpha value is -1.75. The lowest BCUT2D eigenvalue weighted by atomic mass is 10.0. The zero-order chi connectivity index (χ0) is 17.6. The van der Waals surface area contributed by atoms with E-state index in [0.29, 0.717) is 6.04 Å². The van der Waals surface area contributed by atoms with E-state index in [1.165, 1.54) is 17.2 Å². The van der Waals surface area contributed by atoms with Crippen LogP contribution in [0.1, 0.15) is 23.1 Å². The summed E-state index contributed by atoms with van der Waals surface area (Å²) in [6.07, 6.45) is 0.769. The maximum atomic E-state index is 13.4. The lowest BCUT2D eigenvalue weighted by Crippen LogP contribution is -2.52. The van der Waals surface area contributed by atoms with Crippen molar-refractivity contribution in [3.8, 4) is 0 Å². The van der Waals surface area contributed by atoms with Crippen LogP contribution < -0.4 is 0 Å². The molecule has 0 bridgehead atoms. The lowest BCUT2D eigenvalue weighted by Gasteiger charge is -2.41. The Bertz CT molecular complexity index is 691. The molecule has 0 aromatic heterocycles. The molecule has 1 fully saturated rings. The second kappa shape index (κ2) is 8.56. The third kappa shape index (κ3) is 4.88. The van der Waals surface area contributed by atoms with Gasteiger partial charge in [-0.2, -0.15) is 0 Å². The Morgan fingerprint density at radius 3 is 2.68 bits per heavy atom. The summed E-state index contributed by atoms with van der Waals surface area (Å²) in [5.41, 5.74) is 3.67. The third-order valence-corrected chi connectivity index (χ3v) is 5.08. The Morgan fingerprint density at radius 1 is 1.08 bits per heavy atom. The first-order valence-corrected chi connectivity index (χ1v) is 9.02. The van der Waals surface area contributed by atoms with E-state index in [4.69, 9.17) is 0 Å². The summed E-state index contributed by atoms with van der Waals surface area (Å²) in [6.45, 7) is 6.87. The van der Waals surface area contributed by atoms with Gasteiger partial charge in [0.1, 0.15) is 5.82 Å². The molecule has 25 heavy (non-hydrogen) atoms. The molecule has 1 heterocycles. The van der Waals surface area contributed by atoms with E-state index >= 15 is 0 Å². The van der Waals surface area contributed by atoms with Gasteiger partial charge in [-0.05, 0) is 42.2 Å². The van der Waals surface area contributed by atoms with Gasteiger partial charge in [-0.1, -0.05) is 36.4 Å². The van der Waals surface area contributed by atoms with Crippen molar-refractivity contribution in [3.05, 3.63) is 71.0 Å². The van der Waals surface area contributed by atoms with Crippen LogP contribution in [0.4, 0.5) is 4.39 Å². The smallest absolute Gasteiger partial charge is 0.123 e. The van der Waals surface area contributed by atoms with Crippen molar-refractivity contribution in [2.75, 3.05) is 26.2 Å². The summed E-state index contributed by atoms with van der Waals surface area (Å²) in [5, 5.41) is 9.47. The second-order valence-electron chi connectivity index (χ2n) is 6.93. The van der Waals surface area contributed by atoms with Crippen molar-refractivity contribution in [1.29, 1.82) is 0 Å². The van der Waals surface area contributed by atoms with Crippen LogP contribution in [-0.4, -0.2) is 47.2 Å². The van der Waals surface area contributed by atoms with Crippen LogP contribution in [0.25, 0.3) is 0 Å². The van der Waals surface area contributed by atoms with Gasteiger partial charge in [0.25, 0.3) is 0 Å². The van der Waals surface area contributed by atoms with Gasteiger partial charge in [0.05, 0.1) is 0 Å². The quantitative estimate of drug-likeness (QED) is 0.873. The molecule has 1 N–H and O–H groups in total.